The Morgan fingerprint density at radius 2 is 1.58 bits per heavy atom. The number of carbonyl (C=O) groups excluding carboxylic acids is 3. The molecule has 228 valence electrons. The lowest BCUT2D eigenvalue weighted by Gasteiger charge is -2.35. The van der Waals surface area contributed by atoms with Gasteiger partial charge in [-0.25, -0.2) is 4.79 Å². The van der Waals surface area contributed by atoms with Crippen LogP contribution < -0.4 is 10.6 Å². The molecule has 0 bridgehead atoms. The van der Waals surface area contributed by atoms with Gasteiger partial charge in [0.15, 0.2) is 0 Å². The highest BCUT2D eigenvalue weighted by Crippen LogP contribution is 2.43. The summed E-state index contributed by atoms with van der Waals surface area (Å²) in [5.74, 6) is -0.875. The van der Waals surface area contributed by atoms with Gasteiger partial charge in [-0.1, -0.05) is 55.5 Å². The van der Waals surface area contributed by atoms with Crippen LogP contribution in [-0.2, 0) is 20.7 Å². The van der Waals surface area contributed by atoms with E-state index in [9.17, 15) is 24.6 Å². The highest BCUT2D eigenvalue weighted by atomic mass is 16.6. The van der Waals surface area contributed by atoms with E-state index in [1.165, 1.54) is 17.0 Å². The SMILES string of the molecule is Cc1ccccc1NC(=O)C(c1cccc(C)c1O)N(C(=O)C(Cc1ccc(O)cc1)NC(=O)OC(C)(C)C)C1CC1C. The summed E-state index contributed by atoms with van der Waals surface area (Å²) in [6.07, 6.45) is -0.0278. The minimum Gasteiger partial charge on any atom is -0.508 e. The summed E-state index contributed by atoms with van der Waals surface area (Å²) in [6.45, 7) is 10.8. The Hall–Kier alpha value is -4.53. The topological polar surface area (TPSA) is 128 Å². The van der Waals surface area contributed by atoms with Crippen LogP contribution in [0.15, 0.2) is 66.7 Å². The van der Waals surface area contributed by atoms with Crippen molar-refractivity contribution in [3.8, 4) is 11.5 Å². The Labute approximate surface area is 252 Å². The summed E-state index contributed by atoms with van der Waals surface area (Å²) >= 11 is 0. The molecule has 3 amide bonds. The summed E-state index contributed by atoms with van der Waals surface area (Å²) < 4.78 is 5.49. The van der Waals surface area contributed by atoms with Gasteiger partial charge in [-0.05, 0) is 81.8 Å². The van der Waals surface area contributed by atoms with Gasteiger partial charge in [-0.2, -0.15) is 0 Å². The molecule has 4 unspecified atom stereocenters. The summed E-state index contributed by atoms with van der Waals surface area (Å²) in [7, 11) is 0. The molecule has 0 saturated heterocycles. The van der Waals surface area contributed by atoms with Gasteiger partial charge in [0.25, 0.3) is 5.91 Å². The van der Waals surface area contributed by atoms with Crippen LogP contribution in [0.2, 0.25) is 0 Å². The first-order valence-corrected chi connectivity index (χ1v) is 14.5. The van der Waals surface area contributed by atoms with Crippen LogP contribution in [0.5, 0.6) is 11.5 Å². The van der Waals surface area contributed by atoms with Crippen LogP contribution in [0, 0.1) is 19.8 Å². The molecule has 0 heterocycles. The predicted molar refractivity (Wildman–Crippen MR) is 165 cm³/mol. The van der Waals surface area contributed by atoms with E-state index in [0.717, 1.165) is 5.56 Å². The van der Waals surface area contributed by atoms with Crippen molar-refractivity contribution in [3.05, 3.63) is 89.0 Å². The van der Waals surface area contributed by atoms with Gasteiger partial charge in [0.2, 0.25) is 5.91 Å². The molecule has 0 aliphatic heterocycles. The molecule has 9 heteroatoms. The lowest BCUT2D eigenvalue weighted by atomic mass is 9.97. The Bertz CT molecular complexity index is 1480. The Morgan fingerprint density at radius 1 is 0.953 bits per heavy atom. The van der Waals surface area contributed by atoms with E-state index in [1.807, 2.05) is 32.0 Å². The third-order valence-electron chi connectivity index (χ3n) is 7.54. The summed E-state index contributed by atoms with van der Waals surface area (Å²) in [5.41, 5.74) is 2.18. The number of aromatic hydroxyl groups is 2. The van der Waals surface area contributed by atoms with Gasteiger partial charge in [0.1, 0.15) is 29.2 Å². The highest BCUT2D eigenvalue weighted by Gasteiger charge is 2.49. The summed E-state index contributed by atoms with van der Waals surface area (Å²) in [6, 6.07) is 16.2. The number of carbonyl (C=O) groups is 3. The second kappa shape index (κ2) is 12.8. The van der Waals surface area contributed by atoms with E-state index in [-0.39, 0.29) is 29.9 Å². The summed E-state index contributed by atoms with van der Waals surface area (Å²) in [4.78, 5) is 43.3. The molecule has 0 radical (unpaired) electrons. The second-order valence-corrected chi connectivity index (χ2v) is 12.3. The van der Waals surface area contributed by atoms with Crippen molar-refractivity contribution >= 4 is 23.6 Å². The number of aryl methyl sites for hydroxylation is 2. The molecule has 43 heavy (non-hydrogen) atoms. The van der Waals surface area contributed by atoms with Crippen molar-refractivity contribution in [2.45, 2.75) is 78.1 Å². The minimum absolute atomic E-state index is 0.0722. The number of nitrogens with zero attached hydrogens (tertiary/aromatic N) is 1. The summed E-state index contributed by atoms with van der Waals surface area (Å²) in [5, 5.41) is 26.7. The van der Waals surface area contributed by atoms with E-state index < -0.39 is 35.6 Å². The Morgan fingerprint density at radius 3 is 2.19 bits per heavy atom. The van der Waals surface area contributed by atoms with Crippen LogP contribution in [0.25, 0.3) is 0 Å². The normalized spacial score (nSPS) is 17.3. The number of nitrogens with one attached hydrogen (secondary N) is 2. The quantitative estimate of drug-likeness (QED) is 0.252. The van der Waals surface area contributed by atoms with Crippen molar-refractivity contribution in [1.29, 1.82) is 0 Å². The maximum absolute atomic E-state index is 14.6. The largest absolute Gasteiger partial charge is 0.508 e. The molecule has 4 N–H and O–H groups in total. The average Bonchev–Trinajstić information content (AvgIpc) is 3.65. The van der Waals surface area contributed by atoms with E-state index in [1.54, 1.807) is 64.1 Å². The molecule has 0 aromatic heterocycles. The lowest BCUT2D eigenvalue weighted by Crippen LogP contribution is -2.54. The fraction of sp³-hybridized carbons (Fsp3) is 0.382. The van der Waals surface area contributed by atoms with E-state index in [4.69, 9.17) is 4.74 Å². The van der Waals surface area contributed by atoms with Gasteiger partial charge < -0.3 is 30.5 Å². The zero-order valence-electron chi connectivity index (χ0n) is 25.5. The number of anilines is 1. The monoisotopic (exact) mass is 587 g/mol. The zero-order valence-corrected chi connectivity index (χ0v) is 25.5. The number of phenolic OH excluding ortho intramolecular Hbond substituents is 2. The third-order valence-corrected chi connectivity index (χ3v) is 7.54. The van der Waals surface area contributed by atoms with Gasteiger partial charge in [0.05, 0.1) is 0 Å². The lowest BCUT2D eigenvalue weighted by molar-refractivity contribution is -0.141. The molecule has 1 aliphatic carbocycles. The fourth-order valence-electron chi connectivity index (χ4n) is 5.10. The molecular weight excluding hydrogens is 546 g/mol. The van der Waals surface area contributed by atoms with E-state index >= 15 is 0 Å². The first-order chi connectivity index (χ1) is 20.2. The fourth-order valence-corrected chi connectivity index (χ4v) is 5.10. The average molecular weight is 588 g/mol. The number of ether oxygens (including phenoxy) is 1. The van der Waals surface area contributed by atoms with Crippen molar-refractivity contribution in [2.24, 2.45) is 5.92 Å². The van der Waals surface area contributed by atoms with Crippen molar-refractivity contribution < 1.29 is 29.3 Å². The molecule has 3 aromatic rings. The van der Waals surface area contributed by atoms with Crippen LogP contribution >= 0.6 is 0 Å². The smallest absolute Gasteiger partial charge is 0.408 e. The van der Waals surface area contributed by atoms with Crippen LogP contribution in [-0.4, -0.2) is 50.7 Å². The predicted octanol–water partition coefficient (Wildman–Crippen LogP) is 5.77. The number of hydrogen-bond donors (Lipinski definition) is 4. The van der Waals surface area contributed by atoms with Crippen molar-refractivity contribution in [3.63, 3.8) is 0 Å². The van der Waals surface area contributed by atoms with Crippen LogP contribution in [0.4, 0.5) is 10.5 Å². The van der Waals surface area contributed by atoms with Crippen molar-refractivity contribution in [2.75, 3.05) is 5.32 Å². The van der Waals surface area contributed by atoms with Gasteiger partial charge in [-0.15, -0.1) is 0 Å². The minimum atomic E-state index is -1.19. The molecule has 1 aliphatic rings. The number of rotatable bonds is 9. The molecule has 4 atom stereocenters. The number of para-hydroxylation sites is 2. The van der Waals surface area contributed by atoms with E-state index in [2.05, 4.69) is 10.6 Å². The first-order valence-electron chi connectivity index (χ1n) is 14.5. The van der Waals surface area contributed by atoms with Crippen LogP contribution in [0.3, 0.4) is 0 Å². The van der Waals surface area contributed by atoms with Crippen molar-refractivity contribution in [1.82, 2.24) is 10.2 Å². The number of alkyl carbamates (subject to hydrolysis) is 1. The Balaban J connectivity index is 1.79. The number of phenols is 2. The number of amides is 3. The molecule has 0 spiro atoms. The molecule has 4 rings (SSSR count). The number of benzene rings is 3. The Kier molecular flexibility index (Phi) is 9.33. The highest BCUT2D eigenvalue weighted by molar-refractivity contribution is 6.00. The third kappa shape index (κ3) is 7.85. The van der Waals surface area contributed by atoms with Crippen LogP contribution in [0.1, 0.15) is 62.4 Å². The molecule has 3 aromatic carbocycles. The molecule has 1 fully saturated rings. The van der Waals surface area contributed by atoms with Gasteiger partial charge in [0, 0.05) is 23.7 Å². The van der Waals surface area contributed by atoms with Gasteiger partial charge >= 0.3 is 6.09 Å². The number of hydrogen-bond acceptors (Lipinski definition) is 6. The van der Waals surface area contributed by atoms with E-state index in [0.29, 0.717) is 28.8 Å². The molecule has 1 saturated carbocycles. The second-order valence-electron chi connectivity index (χ2n) is 12.3. The first kappa shape index (κ1) is 31.4. The molecule has 9 nitrogen and oxygen atoms in total. The van der Waals surface area contributed by atoms with Gasteiger partial charge in [-0.3, -0.25) is 9.59 Å². The standard InChI is InChI=1S/C34H41N3O6/c1-20-10-7-8-13-26(20)35-31(40)29(25-12-9-11-21(2)30(25)39)37(28-18-22(28)3)32(41)27(36-33(42)43-34(4,5)6)19-23-14-16-24(38)17-15-23/h7-17,22,27-29,38-39H,18-19H2,1-6H3,(H,35,40)(H,36,42). The maximum Gasteiger partial charge on any atom is 0.408 e. The maximum atomic E-state index is 14.6. The molecular formula is C34H41N3O6. The zero-order chi connectivity index (χ0) is 31.5.